The molecule has 1 aromatic carbocycles. The van der Waals surface area contributed by atoms with Crippen LogP contribution in [0.3, 0.4) is 0 Å². The van der Waals surface area contributed by atoms with Crippen LogP contribution in [0.1, 0.15) is 0 Å². The molecule has 5 nitrogen and oxygen atoms in total. The third-order valence-electron chi connectivity index (χ3n) is 2.98. The van der Waals surface area contributed by atoms with E-state index in [4.69, 9.17) is 5.73 Å². The van der Waals surface area contributed by atoms with Crippen molar-refractivity contribution < 1.29 is 0 Å². The zero-order valence-electron chi connectivity index (χ0n) is 10.5. The Hall–Kier alpha value is -2.56. The van der Waals surface area contributed by atoms with Crippen molar-refractivity contribution in [2.24, 2.45) is 0 Å². The molecule has 2 N–H and O–H groups in total. The molecular weight excluding hydrogens is 238 g/mol. The van der Waals surface area contributed by atoms with Crippen LogP contribution >= 0.6 is 0 Å². The number of imidazole rings is 1. The van der Waals surface area contributed by atoms with E-state index in [-0.39, 0.29) is 0 Å². The molecule has 0 saturated heterocycles. The summed E-state index contributed by atoms with van der Waals surface area (Å²) in [6.45, 7) is 1.58. The SMILES string of the molecule is Nc1ccn(CCn2ccnc2-c2ccccc2)n1. The zero-order chi connectivity index (χ0) is 13.1. The summed E-state index contributed by atoms with van der Waals surface area (Å²) in [5.41, 5.74) is 6.72. The highest BCUT2D eigenvalue weighted by molar-refractivity contribution is 5.55. The van der Waals surface area contributed by atoms with Gasteiger partial charge in [-0.25, -0.2) is 4.98 Å². The molecule has 0 radical (unpaired) electrons. The lowest BCUT2D eigenvalue weighted by Gasteiger charge is -2.08. The maximum absolute atomic E-state index is 5.60. The second-order valence-corrected chi connectivity index (χ2v) is 4.31. The highest BCUT2D eigenvalue weighted by Crippen LogP contribution is 2.16. The first-order chi connectivity index (χ1) is 9.33. The van der Waals surface area contributed by atoms with E-state index < -0.39 is 0 Å². The van der Waals surface area contributed by atoms with Crippen LogP contribution in [0, 0.1) is 0 Å². The van der Waals surface area contributed by atoms with Gasteiger partial charge < -0.3 is 10.3 Å². The Balaban J connectivity index is 1.77. The summed E-state index contributed by atoms with van der Waals surface area (Å²) < 4.78 is 3.96. The van der Waals surface area contributed by atoms with Gasteiger partial charge in [-0.1, -0.05) is 30.3 Å². The average Bonchev–Trinajstić information content (AvgIpc) is 3.06. The van der Waals surface area contributed by atoms with E-state index in [1.54, 1.807) is 6.07 Å². The van der Waals surface area contributed by atoms with Crippen LogP contribution < -0.4 is 5.73 Å². The average molecular weight is 253 g/mol. The summed E-state index contributed by atoms with van der Waals surface area (Å²) >= 11 is 0. The molecule has 0 unspecified atom stereocenters. The fourth-order valence-corrected chi connectivity index (χ4v) is 2.05. The quantitative estimate of drug-likeness (QED) is 0.773. The number of benzene rings is 1. The third-order valence-corrected chi connectivity index (χ3v) is 2.98. The monoisotopic (exact) mass is 253 g/mol. The smallest absolute Gasteiger partial charge is 0.145 e. The molecule has 0 bridgehead atoms. The summed E-state index contributed by atoms with van der Waals surface area (Å²) in [6.07, 6.45) is 5.68. The number of nitrogens with zero attached hydrogens (tertiary/aromatic N) is 4. The molecule has 2 heterocycles. The topological polar surface area (TPSA) is 61.7 Å². The molecule has 0 aliphatic heterocycles. The molecule has 19 heavy (non-hydrogen) atoms. The number of nitrogens with two attached hydrogens (primary N) is 1. The van der Waals surface area contributed by atoms with Crippen LogP contribution in [-0.4, -0.2) is 19.3 Å². The molecule has 0 atom stereocenters. The fraction of sp³-hybridized carbons (Fsp3) is 0.143. The highest BCUT2D eigenvalue weighted by atomic mass is 15.3. The van der Waals surface area contributed by atoms with Crippen LogP contribution in [0.5, 0.6) is 0 Å². The van der Waals surface area contributed by atoms with E-state index in [2.05, 4.69) is 26.8 Å². The Bertz CT molecular complexity index is 653. The van der Waals surface area contributed by atoms with E-state index in [0.29, 0.717) is 5.82 Å². The van der Waals surface area contributed by atoms with Crippen molar-refractivity contribution in [3.05, 3.63) is 55.0 Å². The van der Waals surface area contributed by atoms with Crippen molar-refractivity contribution in [3.63, 3.8) is 0 Å². The van der Waals surface area contributed by atoms with Crippen molar-refractivity contribution in [2.75, 3.05) is 5.73 Å². The predicted octanol–water partition coefficient (Wildman–Crippen LogP) is 2.03. The first-order valence-corrected chi connectivity index (χ1v) is 6.18. The molecule has 0 spiro atoms. The lowest BCUT2D eigenvalue weighted by atomic mass is 10.2. The van der Waals surface area contributed by atoms with Crippen molar-refractivity contribution in [1.29, 1.82) is 0 Å². The predicted molar refractivity (Wildman–Crippen MR) is 74.3 cm³/mol. The summed E-state index contributed by atoms with van der Waals surface area (Å²) in [6, 6.07) is 12.0. The normalized spacial score (nSPS) is 10.7. The third kappa shape index (κ3) is 2.49. The Labute approximate surface area is 111 Å². The number of aromatic nitrogens is 4. The van der Waals surface area contributed by atoms with Gasteiger partial charge in [-0.2, -0.15) is 5.10 Å². The maximum Gasteiger partial charge on any atom is 0.145 e. The van der Waals surface area contributed by atoms with Crippen molar-refractivity contribution in [1.82, 2.24) is 19.3 Å². The van der Waals surface area contributed by atoms with Crippen LogP contribution in [0.15, 0.2) is 55.0 Å². The van der Waals surface area contributed by atoms with Gasteiger partial charge in [0.1, 0.15) is 11.6 Å². The minimum absolute atomic E-state index is 0.550. The van der Waals surface area contributed by atoms with Crippen LogP contribution in [-0.2, 0) is 13.1 Å². The van der Waals surface area contributed by atoms with E-state index in [1.165, 1.54) is 0 Å². The summed E-state index contributed by atoms with van der Waals surface area (Å²) in [5.74, 6) is 1.52. The first kappa shape index (κ1) is 11.5. The van der Waals surface area contributed by atoms with Gasteiger partial charge in [0.15, 0.2) is 0 Å². The zero-order valence-corrected chi connectivity index (χ0v) is 10.5. The van der Waals surface area contributed by atoms with E-state index in [0.717, 1.165) is 24.5 Å². The number of nitrogen functional groups attached to an aromatic ring is 1. The molecule has 0 aliphatic rings. The van der Waals surface area contributed by atoms with Gasteiger partial charge in [0.05, 0.1) is 6.54 Å². The van der Waals surface area contributed by atoms with Gasteiger partial charge in [0.25, 0.3) is 0 Å². The largest absolute Gasteiger partial charge is 0.382 e. The Morgan fingerprint density at radius 2 is 1.84 bits per heavy atom. The Morgan fingerprint density at radius 1 is 1.00 bits per heavy atom. The van der Waals surface area contributed by atoms with Gasteiger partial charge in [-0.3, -0.25) is 4.68 Å². The number of hydrogen-bond acceptors (Lipinski definition) is 3. The van der Waals surface area contributed by atoms with Gasteiger partial charge in [0.2, 0.25) is 0 Å². The Morgan fingerprint density at radius 3 is 2.58 bits per heavy atom. The molecule has 0 fully saturated rings. The van der Waals surface area contributed by atoms with Gasteiger partial charge in [-0.15, -0.1) is 0 Å². The number of anilines is 1. The fourth-order valence-electron chi connectivity index (χ4n) is 2.05. The van der Waals surface area contributed by atoms with Crippen LogP contribution in [0.25, 0.3) is 11.4 Å². The van der Waals surface area contributed by atoms with Crippen molar-refractivity contribution in [2.45, 2.75) is 13.1 Å². The molecule has 96 valence electrons. The second-order valence-electron chi connectivity index (χ2n) is 4.31. The minimum Gasteiger partial charge on any atom is -0.382 e. The number of aryl methyl sites for hydroxylation is 2. The van der Waals surface area contributed by atoms with Crippen molar-refractivity contribution in [3.8, 4) is 11.4 Å². The first-order valence-electron chi connectivity index (χ1n) is 6.18. The maximum atomic E-state index is 5.60. The lowest BCUT2D eigenvalue weighted by molar-refractivity contribution is 0.538. The van der Waals surface area contributed by atoms with E-state index in [9.17, 15) is 0 Å². The number of hydrogen-bond donors (Lipinski definition) is 1. The minimum atomic E-state index is 0.550. The summed E-state index contributed by atoms with van der Waals surface area (Å²) in [7, 11) is 0. The summed E-state index contributed by atoms with van der Waals surface area (Å²) in [4.78, 5) is 4.41. The van der Waals surface area contributed by atoms with E-state index in [1.807, 2.05) is 41.5 Å². The van der Waals surface area contributed by atoms with Crippen molar-refractivity contribution >= 4 is 5.82 Å². The molecular formula is C14H15N5. The molecule has 0 saturated carbocycles. The van der Waals surface area contributed by atoms with Gasteiger partial charge >= 0.3 is 0 Å². The molecule has 0 amide bonds. The molecule has 2 aromatic heterocycles. The van der Waals surface area contributed by atoms with Gasteiger partial charge in [-0.05, 0) is 6.07 Å². The van der Waals surface area contributed by atoms with E-state index >= 15 is 0 Å². The molecule has 3 rings (SSSR count). The lowest BCUT2D eigenvalue weighted by Crippen LogP contribution is -2.08. The standard InChI is InChI=1S/C14H15N5/c15-13-6-8-19(17-13)11-10-18-9-7-16-14(18)12-4-2-1-3-5-12/h1-9H,10-11H2,(H2,15,17). The van der Waals surface area contributed by atoms with Crippen LogP contribution in [0.2, 0.25) is 0 Å². The molecule has 5 heteroatoms. The molecule has 0 aliphatic carbocycles. The molecule has 3 aromatic rings. The highest BCUT2D eigenvalue weighted by Gasteiger charge is 2.05. The van der Waals surface area contributed by atoms with Crippen LogP contribution in [0.4, 0.5) is 5.82 Å². The summed E-state index contributed by atoms with van der Waals surface area (Å²) in [5, 5.41) is 4.17. The number of rotatable bonds is 4. The Kier molecular flexibility index (Phi) is 3.02. The van der Waals surface area contributed by atoms with Gasteiger partial charge in [0, 0.05) is 30.7 Å². The second kappa shape index (κ2) is 4.97.